The van der Waals surface area contributed by atoms with Crippen LogP contribution in [0.15, 0.2) is 20.9 Å². The largest absolute Gasteiger partial charge is 0.790 e. The van der Waals surface area contributed by atoms with Gasteiger partial charge in [-0.05, 0) is 12.5 Å². The fraction of sp³-hybridized carbons (Fsp3) is 0.636. The van der Waals surface area contributed by atoms with E-state index in [0.717, 1.165) is 10.8 Å². The lowest BCUT2D eigenvalue weighted by atomic mass is 10.2. The molecule has 1 aromatic rings. The minimum atomic E-state index is -6.16. The zero-order chi connectivity index (χ0) is 25.0. The van der Waals surface area contributed by atoms with Gasteiger partial charge in [-0.3, -0.25) is 27.8 Å². The highest BCUT2D eigenvalue weighted by atomic mass is 31.3. The van der Waals surface area contributed by atoms with E-state index in [-0.39, 0.29) is 12.0 Å². The molecular weight excluding hydrogens is 519 g/mol. The number of nitrogens with one attached hydrogen (secondary N) is 1. The fourth-order valence-corrected chi connectivity index (χ4v) is 5.46. The van der Waals surface area contributed by atoms with Gasteiger partial charge in [0.1, 0.15) is 19.1 Å². The average molecular weight is 533 g/mol. The maximum atomic E-state index is 12.1. The molecule has 1 fully saturated rings. The molecule has 0 amide bonds. The molecule has 0 aromatic carbocycles. The maximum Gasteiger partial charge on any atom is 0.330 e. The highest BCUT2D eigenvalue weighted by molar-refractivity contribution is 7.64. The van der Waals surface area contributed by atoms with E-state index in [4.69, 9.17) is 15.0 Å². The number of azide groups is 1. The second-order valence-electron chi connectivity index (χ2n) is 6.21. The molecule has 186 valence electrons. The van der Waals surface area contributed by atoms with Gasteiger partial charge in [0.15, 0.2) is 0 Å². The van der Waals surface area contributed by atoms with Crippen LogP contribution in [0.3, 0.4) is 0 Å². The summed E-state index contributed by atoms with van der Waals surface area (Å²) < 4.78 is 55.8. The molecule has 19 nitrogen and oxygen atoms in total. The third kappa shape index (κ3) is 8.55. The zero-order valence-corrected chi connectivity index (χ0v) is 19.0. The smallest absolute Gasteiger partial charge is 0.330 e. The number of H-pyrrole nitrogens is 1. The van der Waals surface area contributed by atoms with Gasteiger partial charge in [-0.25, -0.2) is 9.11 Å². The topological polar surface area (TPSA) is 293 Å². The Morgan fingerprint density at radius 1 is 1.24 bits per heavy atom. The van der Waals surface area contributed by atoms with Crippen LogP contribution in [0, 0.1) is 6.92 Å². The normalized spacial score (nSPS) is 24.6. The quantitative estimate of drug-likeness (QED) is 0.134. The van der Waals surface area contributed by atoms with Gasteiger partial charge in [-0.2, -0.15) is 0 Å². The predicted octanol–water partition coefficient (Wildman–Crippen LogP) is -2.40. The Balaban J connectivity index is 2.16. The summed E-state index contributed by atoms with van der Waals surface area (Å²) in [4.78, 5) is 71.7. The number of phosphoric acid groups is 3. The van der Waals surface area contributed by atoms with Crippen LogP contribution in [-0.4, -0.2) is 35.1 Å². The molecule has 2 heterocycles. The van der Waals surface area contributed by atoms with Crippen molar-refractivity contribution in [3.05, 3.63) is 43.0 Å². The van der Waals surface area contributed by atoms with Gasteiger partial charge in [-0.15, -0.1) is 0 Å². The van der Waals surface area contributed by atoms with Crippen LogP contribution in [0.25, 0.3) is 10.4 Å². The van der Waals surface area contributed by atoms with Crippen LogP contribution in [0.4, 0.5) is 0 Å². The number of ether oxygens (including phenoxy) is 2. The molecule has 0 saturated carbocycles. The Labute approximate surface area is 182 Å². The van der Waals surface area contributed by atoms with Crippen LogP contribution in [0.5, 0.6) is 0 Å². The molecule has 0 radical (unpaired) electrons. The first-order valence-corrected chi connectivity index (χ1v) is 12.8. The molecule has 2 rings (SSSR count). The van der Waals surface area contributed by atoms with Crippen LogP contribution in [0.1, 0.15) is 18.2 Å². The van der Waals surface area contributed by atoms with Gasteiger partial charge in [0.05, 0.1) is 20.5 Å². The van der Waals surface area contributed by atoms with Crippen molar-refractivity contribution in [2.24, 2.45) is 5.11 Å². The molecule has 1 N–H and O–H groups in total. The summed E-state index contributed by atoms with van der Waals surface area (Å²) in [5, 5.41) is 3.13. The Morgan fingerprint density at radius 2 is 1.91 bits per heavy atom. The standard InChI is InChI=1S/C11H18N5O14P3/c1-6-3-16(11(18)14-10(6)17)9-2-7(26-5-13-15-12)8(28-9)4-27-32(22,23)30-33(24,25)29-31(19,20)21/h3,7-9H,2,4-5H2,1H3,(H,22,23)(H,24,25)(H,14,17,18)(H2,19,20,21)/p-4/t7-,8-,9-/m0/s1. The highest BCUT2D eigenvalue weighted by Crippen LogP contribution is 2.60. The minimum Gasteiger partial charge on any atom is -0.790 e. The fourth-order valence-electron chi connectivity index (χ4n) is 2.60. The van der Waals surface area contributed by atoms with Gasteiger partial charge in [0.25, 0.3) is 21.2 Å². The molecule has 1 saturated heterocycles. The van der Waals surface area contributed by atoms with E-state index in [1.807, 2.05) is 4.98 Å². The van der Waals surface area contributed by atoms with Crippen molar-refractivity contribution in [1.82, 2.24) is 9.55 Å². The lowest BCUT2D eigenvalue weighted by molar-refractivity contribution is -0.339. The molecule has 0 bridgehead atoms. The third-order valence-electron chi connectivity index (χ3n) is 3.84. The first-order valence-electron chi connectivity index (χ1n) is 8.44. The van der Waals surface area contributed by atoms with E-state index >= 15 is 0 Å². The highest BCUT2D eigenvalue weighted by Gasteiger charge is 2.38. The number of phosphoric ester groups is 1. The number of hydrogen-bond acceptors (Lipinski definition) is 15. The number of aryl methyl sites for hydroxylation is 1. The van der Waals surface area contributed by atoms with Crippen LogP contribution in [-0.2, 0) is 36.3 Å². The number of hydrogen-bond donors (Lipinski definition) is 1. The van der Waals surface area contributed by atoms with Crippen molar-refractivity contribution < 1.29 is 55.9 Å². The van der Waals surface area contributed by atoms with Gasteiger partial charge < -0.3 is 38.1 Å². The SMILES string of the molecule is Cc1cn([C@@H]2C[C@H](OCN=[N+]=[N-])[C@H](COP(=O)([O-])OP(=O)([O-])OP(=O)([O-])[O-])O2)c(=O)[nH]c1=O. The van der Waals surface area contributed by atoms with Crippen molar-refractivity contribution in [1.29, 1.82) is 0 Å². The van der Waals surface area contributed by atoms with E-state index in [2.05, 4.69) is 23.2 Å². The third-order valence-corrected chi connectivity index (χ3v) is 7.51. The lowest BCUT2D eigenvalue weighted by Gasteiger charge is -2.37. The molecule has 1 aromatic heterocycles. The van der Waals surface area contributed by atoms with E-state index in [1.165, 1.54) is 6.92 Å². The van der Waals surface area contributed by atoms with Crippen molar-refractivity contribution >= 4 is 23.5 Å². The number of aromatic nitrogens is 2. The maximum absolute atomic E-state index is 12.1. The average Bonchev–Trinajstić information content (AvgIpc) is 3.03. The Hall–Kier alpha value is -1.68. The molecule has 5 atom stereocenters. The van der Waals surface area contributed by atoms with E-state index in [0.29, 0.717) is 0 Å². The van der Waals surface area contributed by atoms with E-state index in [1.54, 1.807) is 0 Å². The number of aromatic amines is 1. The second-order valence-corrected chi connectivity index (χ2v) is 10.5. The van der Waals surface area contributed by atoms with E-state index < -0.39 is 66.5 Å². The summed E-state index contributed by atoms with van der Waals surface area (Å²) in [6.07, 6.45) is -2.49. The molecule has 22 heteroatoms. The molecule has 1 aliphatic rings. The van der Waals surface area contributed by atoms with Crippen LogP contribution in [0.2, 0.25) is 0 Å². The molecule has 2 unspecified atom stereocenters. The first-order chi connectivity index (χ1) is 15.1. The molecule has 0 aliphatic carbocycles. The summed E-state index contributed by atoms with van der Waals surface area (Å²) in [6.45, 7) is -0.122. The van der Waals surface area contributed by atoms with Crippen molar-refractivity contribution in [3.8, 4) is 0 Å². The molecular formula is C11H14N5O14P3-4. The van der Waals surface area contributed by atoms with Gasteiger partial charge in [0, 0.05) is 23.1 Å². The number of nitrogens with zero attached hydrogens (tertiary/aromatic N) is 4. The van der Waals surface area contributed by atoms with Crippen LogP contribution >= 0.6 is 23.5 Å². The monoisotopic (exact) mass is 533 g/mol. The van der Waals surface area contributed by atoms with Gasteiger partial charge in [-0.1, -0.05) is 5.11 Å². The van der Waals surface area contributed by atoms with E-state index in [9.17, 15) is 42.9 Å². The van der Waals surface area contributed by atoms with Crippen molar-refractivity contribution in [2.45, 2.75) is 31.8 Å². The van der Waals surface area contributed by atoms with Crippen molar-refractivity contribution in [2.75, 3.05) is 13.3 Å². The Bertz CT molecular complexity index is 1170. The summed E-state index contributed by atoms with van der Waals surface area (Å²) in [5.74, 6) is 0. The van der Waals surface area contributed by atoms with Gasteiger partial charge >= 0.3 is 5.69 Å². The Kier molecular flexibility index (Phi) is 8.95. The van der Waals surface area contributed by atoms with Crippen LogP contribution < -0.4 is 30.8 Å². The zero-order valence-electron chi connectivity index (χ0n) is 16.3. The summed E-state index contributed by atoms with van der Waals surface area (Å²) in [6, 6.07) is 0. The lowest BCUT2D eigenvalue weighted by Crippen LogP contribution is -2.33. The number of rotatable bonds is 11. The predicted molar refractivity (Wildman–Crippen MR) is 94.4 cm³/mol. The van der Waals surface area contributed by atoms with Gasteiger partial charge in [0.2, 0.25) is 0 Å². The second kappa shape index (κ2) is 10.7. The van der Waals surface area contributed by atoms with Crippen molar-refractivity contribution in [3.63, 3.8) is 0 Å². The summed E-state index contributed by atoms with van der Waals surface area (Å²) in [7, 11) is -18.1. The Morgan fingerprint density at radius 3 is 2.52 bits per heavy atom. The molecule has 33 heavy (non-hydrogen) atoms. The summed E-state index contributed by atoms with van der Waals surface area (Å²) >= 11 is 0. The molecule has 0 spiro atoms. The molecule has 1 aliphatic heterocycles. The minimum absolute atomic E-state index is 0.136. The summed E-state index contributed by atoms with van der Waals surface area (Å²) in [5.41, 5.74) is 6.96. The first kappa shape index (κ1) is 27.6.